The fourth-order valence-electron chi connectivity index (χ4n) is 3.82. The molecule has 9 heteroatoms. The molecule has 4 N–H and O–H groups in total. The molecule has 0 heterocycles. The number of hydrogen-bond donors (Lipinski definition) is 3. The van der Waals surface area contributed by atoms with Crippen molar-refractivity contribution in [1.29, 1.82) is 0 Å². The summed E-state index contributed by atoms with van der Waals surface area (Å²) in [6, 6.07) is 11.9. The van der Waals surface area contributed by atoms with E-state index in [9.17, 15) is 19.2 Å². The van der Waals surface area contributed by atoms with Gasteiger partial charge in [-0.25, -0.2) is 4.79 Å². The Hall–Kier alpha value is -4.14. The molecule has 0 aliphatic rings. The van der Waals surface area contributed by atoms with Crippen LogP contribution in [-0.2, 0) is 19.1 Å². The second-order valence-corrected chi connectivity index (χ2v) is 9.72. The van der Waals surface area contributed by atoms with Gasteiger partial charge in [0.05, 0.1) is 6.42 Å². The highest BCUT2D eigenvalue weighted by atomic mass is 16.6. The first-order chi connectivity index (χ1) is 17.3. The number of ether oxygens (including phenoxy) is 1. The molecule has 0 saturated heterocycles. The number of nitrogens with two attached hydrogens (primary N) is 1. The number of aryl methyl sites for hydroxylation is 2. The number of nitrogens with one attached hydrogen (secondary N) is 2. The number of amides is 4. The van der Waals surface area contributed by atoms with Crippen LogP contribution in [0.25, 0.3) is 0 Å². The molecule has 0 aromatic heterocycles. The summed E-state index contributed by atoms with van der Waals surface area (Å²) in [5.74, 6) is -1.95. The molecule has 0 saturated carbocycles. The van der Waals surface area contributed by atoms with Crippen molar-refractivity contribution in [2.75, 3.05) is 11.9 Å². The van der Waals surface area contributed by atoms with E-state index in [1.54, 1.807) is 51.1 Å². The Morgan fingerprint density at radius 2 is 1.62 bits per heavy atom. The molecule has 0 fully saturated rings. The lowest BCUT2D eigenvalue weighted by atomic mass is 10.0. The molecule has 0 spiro atoms. The van der Waals surface area contributed by atoms with E-state index in [2.05, 4.69) is 17.2 Å². The average Bonchev–Trinajstić information content (AvgIpc) is 2.79. The molecule has 2 aromatic carbocycles. The highest BCUT2D eigenvalue weighted by molar-refractivity contribution is 6.00. The zero-order valence-corrected chi connectivity index (χ0v) is 22.0. The van der Waals surface area contributed by atoms with Gasteiger partial charge in [0, 0.05) is 12.2 Å². The van der Waals surface area contributed by atoms with Crippen molar-refractivity contribution in [3.63, 3.8) is 0 Å². The first-order valence-electron chi connectivity index (χ1n) is 11.9. The zero-order valence-electron chi connectivity index (χ0n) is 22.0. The molecule has 2 rings (SSSR count). The van der Waals surface area contributed by atoms with Gasteiger partial charge in [0.1, 0.15) is 17.7 Å². The number of alkyl carbamates (subject to hydrolysis) is 1. The van der Waals surface area contributed by atoms with Gasteiger partial charge < -0.3 is 26.0 Å². The Morgan fingerprint density at radius 1 is 1.03 bits per heavy atom. The topological polar surface area (TPSA) is 131 Å². The van der Waals surface area contributed by atoms with Gasteiger partial charge in [-0.05, 0) is 51.3 Å². The van der Waals surface area contributed by atoms with Crippen molar-refractivity contribution in [3.8, 4) is 0 Å². The largest absolute Gasteiger partial charge is 0.444 e. The Kier molecular flexibility index (Phi) is 9.99. The molecule has 37 heavy (non-hydrogen) atoms. The first-order valence-corrected chi connectivity index (χ1v) is 11.9. The number of hydrogen-bond acceptors (Lipinski definition) is 5. The lowest BCUT2D eigenvalue weighted by molar-refractivity contribution is -0.141. The molecular formula is C28H36N4O5. The molecule has 9 nitrogen and oxygen atoms in total. The molecule has 2 unspecified atom stereocenters. The summed E-state index contributed by atoms with van der Waals surface area (Å²) >= 11 is 0. The molecule has 2 atom stereocenters. The third-order valence-corrected chi connectivity index (χ3v) is 5.41. The Balaban J connectivity index is 2.51. The number of nitrogens with zero attached hydrogens (tertiary/aromatic N) is 1. The summed E-state index contributed by atoms with van der Waals surface area (Å²) in [7, 11) is 0. The minimum Gasteiger partial charge on any atom is -0.444 e. The second kappa shape index (κ2) is 12.7. The Labute approximate surface area is 218 Å². The summed E-state index contributed by atoms with van der Waals surface area (Å²) in [4.78, 5) is 53.1. The summed E-state index contributed by atoms with van der Waals surface area (Å²) in [6.07, 6.45) is 0.0997. The van der Waals surface area contributed by atoms with Crippen LogP contribution < -0.4 is 16.4 Å². The molecule has 0 aliphatic heterocycles. The predicted molar refractivity (Wildman–Crippen MR) is 143 cm³/mol. The smallest absolute Gasteiger partial charge is 0.408 e. The van der Waals surface area contributed by atoms with Gasteiger partial charge in [0.25, 0.3) is 5.91 Å². The SMILES string of the molecule is C=CCN(C(=O)C(CC(N)=O)NC(=O)OC(C)(C)C)C(C(=O)Nc1c(C)cccc1C)c1ccccc1. The summed E-state index contributed by atoms with van der Waals surface area (Å²) in [5.41, 5.74) is 7.46. The van der Waals surface area contributed by atoms with E-state index < -0.39 is 47.9 Å². The first kappa shape index (κ1) is 29.1. The van der Waals surface area contributed by atoms with Gasteiger partial charge >= 0.3 is 6.09 Å². The van der Waals surface area contributed by atoms with Gasteiger partial charge in [-0.1, -0.05) is 54.6 Å². The molecule has 0 aliphatic carbocycles. The van der Waals surface area contributed by atoms with Crippen molar-refractivity contribution in [2.24, 2.45) is 5.73 Å². The number of para-hydroxylation sites is 1. The fourth-order valence-corrected chi connectivity index (χ4v) is 3.82. The molecule has 0 radical (unpaired) electrons. The van der Waals surface area contributed by atoms with E-state index in [1.165, 1.54) is 11.0 Å². The quantitative estimate of drug-likeness (QED) is 0.421. The number of rotatable bonds is 10. The maximum atomic E-state index is 13.8. The third kappa shape index (κ3) is 8.49. The van der Waals surface area contributed by atoms with E-state index in [0.717, 1.165) is 11.1 Å². The van der Waals surface area contributed by atoms with Crippen LogP contribution in [0, 0.1) is 13.8 Å². The lowest BCUT2D eigenvalue weighted by Gasteiger charge is -2.33. The monoisotopic (exact) mass is 508 g/mol. The van der Waals surface area contributed by atoms with Gasteiger partial charge in [0.15, 0.2) is 0 Å². The van der Waals surface area contributed by atoms with Crippen molar-refractivity contribution >= 4 is 29.5 Å². The molecular weight excluding hydrogens is 472 g/mol. The standard InChI is InChI=1S/C28H36N4O5/c1-7-16-32(26(35)21(17-22(29)33)30-27(36)37-28(4,5)6)24(20-14-9-8-10-15-20)25(34)31-23-18(2)12-11-13-19(23)3/h7-15,21,24H,1,16-17H2,2-6H3,(H2,29,33)(H,30,36)(H,31,34). The third-order valence-electron chi connectivity index (χ3n) is 5.41. The number of anilines is 1. The van der Waals surface area contributed by atoms with E-state index in [0.29, 0.717) is 11.3 Å². The maximum Gasteiger partial charge on any atom is 0.408 e. The summed E-state index contributed by atoms with van der Waals surface area (Å²) in [5, 5.41) is 5.39. The van der Waals surface area contributed by atoms with Gasteiger partial charge in [-0.15, -0.1) is 6.58 Å². The normalized spacial score (nSPS) is 12.6. The van der Waals surface area contributed by atoms with Crippen LogP contribution in [0.15, 0.2) is 61.2 Å². The van der Waals surface area contributed by atoms with Crippen LogP contribution in [0.2, 0.25) is 0 Å². The number of primary amides is 1. The summed E-state index contributed by atoms with van der Waals surface area (Å²) in [6.45, 7) is 12.5. The fraction of sp³-hybridized carbons (Fsp3) is 0.357. The van der Waals surface area contributed by atoms with Crippen molar-refractivity contribution < 1.29 is 23.9 Å². The van der Waals surface area contributed by atoms with Crippen molar-refractivity contribution in [3.05, 3.63) is 77.9 Å². The van der Waals surface area contributed by atoms with Gasteiger partial charge in [-0.3, -0.25) is 14.4 Å². The van der Waals surface area contributed by atoms with Crippen LogP contribution in [0.3, 0.4) is 0 Å². The molecule has 2 aromatic rings. The predicted octanol–water partition coefficient (Wildman–Crippen LogP) is 3.77. The molecule has 4 amide bonds. The minimum absolute atomic E-state index is 0.0379. The molecule has 0 bridgehead atoms. The van der Waals surface area contributed by atoms with Crippen LogP contribution in [-0.4, -0.2) is 46.9 Å². The lowest BCUT2D eigenvalue weighted by Crippen LogP contribution is -2.53. The van der Waals surface area contributed by atoms with Crippen LogP contribution in [0.1, 0.15) is 49.9 Å². The van der Waals surface area contributed by atoms with Crippen LogP contribution in [0.4, 0.5) is 10.5 Å². The number of benzene rings is 2. The number of carbonyl (C=O) groups is 4. The van der Waals surface area contributed by atoms with Crippen molar-refractivity contribution in [1.82, 2.24) is 10.2 Å². The van der Waals surface area contributed by atoms with E-state index >= 15 is 0 Å². The molecule has 198 valence electrons. The Morgan fingerprint density at radius 3 is 2.14 bits per heavy atom. The van der Waals surface area contributed by atoms with Gasteiger partial charge in [-0.2, -0.15) is 0 Å². The minimum atomic E-state index is -1.36. The van der Waals surface area contributed by atoms with Crippen molar-refractivity contribution in [2.45, 2.75) is 58.7 Å². The van der Waals surface area contributed by atoms with E-state index in [4.69, 9.17) is 10.5 Å². The number of carbonyl (C=O) groups excluding carboxylic acids is 4. The summed E-state index contributed by atoms with van der Waals surface area (Å²) < 4.78 is 5.27. The van der Waals surface area contributed by atoms with E-state index in [1.807, 2.05) is 32.0 Å². The highest BCUT2D eigenvalue weighted by Gasteiger charge is 2.36. The highest BCUT2D eigenvalue weighted by Crippen LogP contribution is 2.27. The maximum absolute atomic E-state index is 13.8. The zero-order chi connectivity index (χ0) is 27.8. The van der Waals surface area contributed by atoms with Crippen LogP contribution in [0.5, 0.6) is 0 Å². The average molecular weight is 509 g/mol. The van der Waals surface area contributed by atoms with E-state index in [-0.39, 0.29) is 6.54 Å². The van der Waals surface area contributed by atoms with Crippen LogP contribution >= 0.6 is 0 Å². The Bertz CT molecular complexity index is 1120. The van der Waals surface area contributed by atoms with Gasteiger partial charge in [0.2, 0.25) is 11.8 Å². The second-order valence-electron chi connectivity index (χ2n) is 9.72.